The normalized spacial score (nSPS) is 11.9. The number of ether oxygens (including phenoxy) is 2. The third-order valence-corrected chi connectivity index (χ3v) is 3.45. The Morgan fingerprint density at radius 3 is 2.23 bits per heavy atom. The van der Waals surface area contributed by atoms with Crippen molar-refractivity contribution in [2.75, 3.05) is 11.5 Å². The van der Waals surface area contributed by atoms with Gasteiger partial charge in [-0.2, -0.15) is 0 Å². The van der Waals surface area contributed by atoms with E-state index in [1.807, 2.05) is 49.4 Å². The Labute approximate surface area is 132 Å². The minimum Gasteiger partial charge on any atom is -0.455 e. The molecule has 0 saturated heterocycles. The van der Waals surface area contributed by atoms with Gasteiger partial charge >= 0.3 is 0 Å². The van der Waals surface area contributed by atoms with Crippen molar-refractivity contribution in [2.24, 2.45) is 0 Å². The number of unbranched alkanes of at least 4 members (excludes halogenated alkanes) is 1. The molecule has 4 N–H and O–H groups in total. The minimum atomic E-state index is -0.327. The van der Waals surface area contributed by atoms with Crippen LogP contribution in [0.2, 0.25) is 0 Å². The molecule has 0 aliphatic heterocycles. The molecule has 0 radical (unpaired) electrons. The van der Waals surface area contributed by atoms with Crippen LogP contribution in [-0.4, -0.2) is 6.29 Å². The molecule has 0 aliphatic carbocycles. The lowest BCUT2D eigenvalue weighted by atomic mass is 10.2. The second-order valence-corrected chi connectivity index (χ2v) is 5.39. The van der Waals surface area contributed by atoms with Crippen molar-refractivity contribution in [1.82, 2.24) is 0 Å². The second kappa shape index (κ2) is 7.59. The monoisotopic (exact) mass is 300 g/mol. The lowest BCUT2D eigenvalue weighted by Crippen LogP contribution is -2.24. The van der Waals surface area contributed by atoms with Crippen LogP contribution in [0.4, 0.5) is 11.4 Å². The van der Waals surface area contributed by atoms with Gasteiger partial charge in [0.05, 0.1) is 0 Å². The van der Waals surface area contributed by atoms with E-state index in [-0.39, 0.29) is 6.29 Å². The zero-order valence-corrected chi connectivity index (χ0v) is 13.2. The largest absolute Gasteiger partial charge is 0.455 e. The first kappa shape index (κ1) is 16.0. The van der Waals surface area contributed by atoms with E-state index < -0.39 is 0 Å². The lowest BCUT2D eigenvalue weighted by molar-refractivity contribution is -0.00212. The first-order chi connectivity index (χ1) is 10.6. The highest BCUT2D eigenvalue weighted by molar-refractivity contribution is 5.49. The summed E-state index contributed by atoms with van der Waals surface area (Å²) >= 11 is 0. The minimum absolute atomic E-state index is 0.327. The van der Waals surface area contributed by atoms with Gasteiger partial charge in [-0.3, -0.25) is 0 Å². The van der Waals surface area contributed by atoms with Gasteiger partial charge in [-0.05, 0) is 61.4 Å². The molecule has 0 aromatic heterocycles. The van der Waals surface area contributed by atoms with Crippen LogP contribution in [-0.2, 0) is 0 Å². The average molecular weight is 300 g/mol. The van der Waals surface area contributed by atoms with Crippen LogP contribution in [0, 0.1) is 6.92 Å². The molecule has 1 unspecified atom stereocenters. The molecule has 0 bridgehead atoms. The number of nitrogen functional groups attached to an aromatic ring is 2. The fourth-order valence-electron chi connectivity index (χ4n) is 2.08. The Morgan fingerprint density at radius 2 is 1.59 bits per heavy atom. The molecular formula is C18H24N2O2. The van der Waals surface area contributed by atoms with Crippen LogP contribution in [0.3, 0.4) is 0 Å². The highest BCUT2D eigenvalue weighted by Gasteiger charge is 2.12. The zero-order chi connectivity index (χ0) is 15.9. The van der Waals surface area contributed by atoms with Crippen LogP contribution in [0.5, 0.6) is 11.5 Å². The molecule has 4 heteroatoms. The molecule has 0 fully saturated rings. The summed E-state index contributed by atoms with van der Waals surface area (Å²) in [6, 6.07) is 13.0. The molecule has 0 spiro atoms. The highest BCUT2D eigenvalue weighted by Crippen LogP contribution is 2.23. The molecule has 2 rings (SSSR count). The highest BCUT2D eigenvalue weighted by atomic mass is 16.7. The summed E-state index contributed by atoms with van der Waals surface area (Å²) in [6.07, 6.45) is 2.62. The molecule has 0 heterocycles. The number of benzene rings is 2. The maximum Gasteiger partial charge on any atom is 0.241 e. The van der Waals surface area contributed by atoms with E-state index in [2.05, 4.69) is 6.92 Å². The zero-order valence-electron chi connectivity index (χ0n) is 13.2. The number of rotatable bonds is 7. The summed E-state index contributed by atoms with van der Waals surface area (Å²) in [7, 11) is 0. The number of aryl methyl sites for hydroxylation is 1. The van der Waals surface area contributed by atoms with Gasteiger partial charge in [-0.15, -0.1) is 0 Å². The molecule has 22 heavy (non-hydrogen) atoms. The lowest BCUT2D eigenvalue weighted by Gasteiger charge is -2.21. The SMILES string of the molecule is CCCCC(Oc1ccc(N)cc1)Oc1ccc(N)c(C)c1. The van der Waals surface area contributed by atoms with Crippen molar-refractivity contribution < 1.29 is 9.47 Å². The molecule has 118 valence electrons. The maximum absolute atomic E-state index is 5.98. The summed E-state index contributed by atoms with van der Waals surface area (Å²) < 4.78 is 11.9. The van der Waals surface area contributed by atoms with Crippen molar-refractivity contribution in [3.05, 3.63) is 48.0 Å². The van der Waals surface area contributed by atoms with Crippen molar-refractivity contribution >= 4 is 11.4 Å². The molecular weight excluding hydrogens is 276 g/mol. The van der Waals surface area contributed by atoms with Crippen LogP contribution in [0.15, 0.2) is 42.5 Å². The van der Waals surface area contributed by atoms with Crippen LogP contribution in [0.1, 0.15) is 31.7 Å². The van der Waals surface area contributed by atoms with E-state index in [4.69, 9.17) is 20.9 Å². The van der Waals surface area contributed by atoms with E-state index in [0.717, 1.165) is 42.0 Å². The Bertz CT molecular complexity index is 597. The average Bonchev–Trinajstić information content (AvgIpc) is 2.51. The van der Waals surface area contributed by atoms with Crippen LogP contribution >= 0.6 is 0 Å². The van der Waals surface area contributed by atoms with E-state index in [1.54, 1.807) is 0 Å². The second-order valence-electron chi connectivity index (χ2n) is 5.39. The number of anilines is 2. The van der Waals surface area contributed by atoms with E-state index in [1.165, 1.54) is 0 Å². The van der Waals surface area contributed by atoms with Crippen molar-refractivity contribution in [2.45, 2.75) is 39.4 Å². The topological polar surface area (TPSA) is 70.5 Å². The predicted molar refractivity (Wildman–Crippen MR) is 91.0 cm³/mol. The van der Waals surface area contributed by atoms with Gasteiger partial charge in [0.25, 0.3) is 0 Å². The summed E-state index contributed by atoms with van der Waals surface area (Å²) in [4.78, 5) is 0. The first-order valence-electron chi connectivity index (χ1n) is 7.63. The number of nitrogens with two attached hydrogens (primary N) is 2. The Kier molecular flexibility index (Phi) is 5.53. The number of hydrogen-bond donors (Lipinski definition) is 2. The summed E-state index contributed by atoms with van der Waals surface area (Å²) in [5.41, 5.74) is 14.0. The smallest absolute Gasteiger partial charge is 0.241 e. The van der Waals surface area contributed by atoms with Gasteiger partial charge < -0.3 is 20.9 Å². The molecule has 0 aliphatic rings. The fraction of sp³-hybridized carbons (Fsp3) is 0.333. The van der Waals surface area contributed by atoms with Gasteiger partial charge in [0.2, 0.25) is 6.29 Å². The van der Waals surface area contributed by atoms with Gasteiger partial charge in [0.15, 0.2) is 0 Å². The first-order valence-corrected chi connectivity index (χ1v) is 7.63. The fourth-order valence-corrected chi connectivity index (χ4v) is 2.08. The Hall–Kier alpha value is -2.36. The third-order valence-electron chi connectivity index (χ3n) is 3.45. The molecule has 2 aromatic carbocycles. The quantitative estimate of drug-likeness (QED) is 0.595. The summed E-state index contributed by atoms with van der Waals surface area (Å²) in [5.74, 6) is 1.52. The summed E-state index contributed by atoms with van der Waals surface area (Å²) in [6.45, 7) is 4.11. The molecule has 0 saturated carbocycles. The van der Waals surface area contributed by atoms with Crippen molar-refractivity contribution in [1.29, 1.82) is 0 Å². The predicted octanol–water partition coefficient (Wildman–Crippen LogP) is 4.13. The van der Waals surface area contributed by atoms with Gasteiger partial charge in [-0.25, -0.2) is 0 Å². The van der Waals surface area contributed by atoms with Gasteiger partial charge in [-0.1, -0.05) is 13.3 Å². The van der Waals surface area contributed by atoms with Crippen LogP contribution < -0.4 is 20.9 Å². The van der Waals surface area contributed by atoms with Gasteiger partial charge in [0.1, 0.15) is 11.5 Å². The van der Waals surface area contributed by atoms with E-state index in [0.29, 0.717) is 5.69 Å². The maximum atomic E-state index is 5.98. The molecule has 0 amide bonds. The third kappa shape index (κ3) is 4.58. The van der Waals surface area contributed by atoms with Crippen molar-refractivity contribution in [3.63, 3.8) is 0 Å². The van der Waals surface area contributed by atoms with Gasteiger partial charge in [0, 0.05) is 17.8 Å². The van der Waals surface area contributed by atoms with Crippen molar-refractivity contribution in [3.8, 4) is 11.5 Å². The number of hydrogen-bond acceptors (Lipinski definition) is 4. The Morgan fingerprint density at radius 1 is 0.955 bits per heavy atom. The van der Waals surface area contributed by atoms with E-state index in [9.17, 15) is 0 Å². The standard InChI is InChI=1S/C18H24N2O2/c1-3-4-5-18(21-15-8-6-14(19)7-9-15)22-16-10-11-17(20)13(2)12-16/h6-12,18H,3-5,19-20H2,1-2H3. The Balaban J connectivity index is 2.07. The molecule has 4 nitrogen and oxygen atoms in total. The molecule has 1 atom stereocenters. The van der Waals surface area contributed by atoms with E-state index >= 15 is 0 Å². The summed E-state index contributed by atoms with van der Waals surface area (Å²) in [5, 5.41) is 0. The molecule has 2 aromatic rings. The van der Waals surface area contributed by atoms with Crippen LogP contribution in [0.25, 0.3) is 0 Å².